The molecule has 7 nitrogen and oxygen atoms in total. The predicted octanol–water partition coefficient (Wildman–Crippen LogP) is 3.64. The highest BCUT2D eigenvalue weighted by Gasteiger charge is 2.35. The third kappa shape index (κ3) is 3.98. The van der Waals surface area contributed by atoms with Gasteiger partial charge in [-0.25, -0.2) is 0 Å². The van der Waals surface area contributed by atoms with Crippen molar-refractivity contribution in [3.63, 3.8) is 0 Å². The molecular formula is C25H25N3O4. The third-order valence-corrected chi connectivity index (χ3v) is 5.99. The Labute approximate surface area is 186 Å². The maximum atomic E-state index is 12.7. The predicted molar refractivity (Wildman–Crippen MR) is 119 cm³/mol. The topological polar surface area (TPSA) is 84.7 Å². The molecule has 0 aliphatic carbocycles. The van der Waals surface area contributed by atoms with Crippen LogP contribution in [0.4, 0.5) is 5.69 Å². The Balaban J connectivity index is 1.20. The van der Waals surface area contributed by atoms with Gasteiger partial charge in [-0.15, -0.1) is 0 Å². The quantitative estimate of drug-likeness (QED) is 0.667. The second-order valence-corrected chi connectivity index (χ2v) is 8.60. The molecule has 2 amide bonds. The molecule has 2 aromatic carbocycles. The van der Waals surface area contributed by atoms with E-state index in [1.807, 2.05) is 56.3 Å². The number of benzene rings is 2. The van der Waals surface area contributed by atoms with Crippen LogP contribution in [0.15, 0.2) is 53.1 Å². The zero-order valence-electron chi connectivity index (χ0n) is 18.1. The van der Waals surface area contributed by atoms with Crippen molar-refractivity contribution in [3.8, 4) is 17.1 Å². The molecule has 0 radical (unpaired) electrons. The fourth-order valence-corrected chi connectivity index (χ4v) is 4.36. The normalized spacial score (nSPS) is 19.7. The van der Waals surface area contributed by atoms with E-state index in [-0.39, 0.29) is 36.8 Å². The number of hydrogen-bond donors (Lipinski definition) is 1. The Hall–Kier alpha value is -3.61. The molecule has 164 valence electrons. The van der Waals surface area contributed by atoms with Gasteiger partial charge in [0.1, 0.15) is 17.5 Å². The van der Waals surface area contributed by atoms with E-state index in [9.17, 15) is 9.59 Å². The number of nitrogens with zero attached hydrogens (tertiary/aromatic N) is 2. The number of nitrogens with one attached hydrogen (secondary N) is 1. The van der Waals surface area contributed by atoms with E-state index in [2.05, 4.69) is 16.5 Å². The summed E-state index contributed by atoms with van der Waals surface area (Å²) in [5, 5.41) is 6.99. The van der Waals surface area contributed by atoms with Crippen LogP contribution in [-0.2, 0) is 22.6 Å². The van der Waals surface area contributed by atoms with Crippen molar-refractivity contribution in [1.82, 2.24) is 10.5 Å². The number of aromatic nitrogens is 1. The molecule has 3 heterocycles. The summed E-state index contributed by atoms with van der Waals surface area (Å²) in [6.07, 6.45) is 1.27. The molecule has 1 aromatic heterocycles. The fourth-order valence-electron chi connectivity index (χ4n) is 4.36. The van der Waals surface area contributed by atoms with Gasteiger partial charge in [0.15, 0.2) is 5.76 Å². The van der Waals surface area contributed by atoms with Crippen LogP contribution in [0.1, 0.15) is 30.2 Å². The van der Waals surface area contributed by atoms with Gasteiger partial charge in [0.25, 0.3) is 0 Å². The average molecular weight is 431 g/mol. The summed E-state index contributed by atoms with van der Waals surface area (Å²) in [7, 11) is 0. The molecule has 1 saturated heterocycles. The molecular weight excluding hydrogens is 406 g/mol. The molecule has 0 saturated carbocycles. The first-order valence-corrected chi connectivity index (χ1v) is 10.9. The Kier molecular flexibility index (Phi) is 5.17. The van der Waals surface area contributed by atoms with Crippen molar-refractivity contribution < 1.29 is 18.8 Å². The number of ether oxygens (including phenoxy) is 1. The van der Waals surface area contributed by atoms with Crippen LogP contribution >= 0.6 is 0 Å². The Morgan fingerprint density at radius 3 is 2.91 bits per heavy atom. The van der Waals surface area contributed by atoms with Gasteiger partial charge in [-0.2, -0.15) is 0 Å². The van der Waals surface area contributed by atoms with E-state index < -0.39 is 0 Å². The van der Waals surface area contributed by atoms with Gasteiger partial charge < -0.3 is 19.5 Å². The molecule has 2 aliphatic rings. The van der Waals surface area contributed by atoms with Gasteiger partial charge in [-0.1, -0.05) is 17.3 Å². The smallest absolute Gasteiger partial charge is 0.227 e. The lowest BCUT2D eigenvalue weighted by Gasteiger charge is -2.17. The number of rotatable bonds is 5. The van der Waals surface area contributed by atoms with Crippen LogP contribution in [0.25, 0.3) is 11.3 Å². The summed E-state index contributed by atoms with van der Waals surface area (Å²) < 4.78 is 11.2. The van der Waals surface area contributed by atoms with Crippen molar-refractivity contribution >= 4 is 17.5 Å². The zero-order valence-corrected chi connectivity index (χ0v) is 18.1. The van der Waals surface area contributed by atoms with Gasteiger partial charge in [-0.05, 0) is 55.3 Å². The summed E-state index contributed by atoms with van der Waals surface area (Å²) in [6, 6.07) is 15.6. The van der Waals surface area contributed by atoms with E-state index in [1.165, 1.54) is 0 Å². The second kappa shape index (κ2) is 8.15. The number of aryl methyl sites for hydroxylation is 1. The van der Waals surface area contributed by atoms with Crippen molar-refractivity contribution in [1.29, 1.82) is 0 Å². The lowest BCUT2D eigenvalue weighted by Crippen LogP contribution is -2.32. The molecule has 1 N–H and O–H groups in total. The SMILES string of the molecule is Cc1cccc(N2CC(C(=O)NCc3cc(-c4ccc5c(c4)CC(C)O5)on3)CC2=O)c1. The molecule has 0 spiro atoms. The van der Waals surface area contributed by atoms with Gasteiger partial charge in [0.05, 0.1) is 12.5 Å². The van der Waals surface area contributed by atoms with Crippen LogP contribution in [0.5, 0.6) is 5.75 Å². The van der Waals surface area contributed by atoms with Crippen LogP contribution in [0, 0.1) is 12.8 Å². The molecule has 2 unspecified atom stereocenters. The van der Waals surface area contributed by atoms with Gasteiger partial charge in [0.2, 0.25) is 11.8 Å². The van der Waals surface area contributed by atoms with Crippen molar-refractivity contribution in [3.05, 3.63) is 65.4 Å². The largest absolute Gasteiger partial charge is 0.490 e. The van der Waals surface area contributed by atoms with Crippen LogP contribution in [0.2, 0.25) is 0 Å². The van der Waals surface area contributed by atoms with Crippen molar-refractivity contribution in [2.24, 2.45) is 5.92 Å². The molecule has 3 aromatic rings. The Bertz CT molecular complexity index is 1190. The lowest BCUT2D eigenvalue weighted by molar-refractivity contribution is -0.126. The van der Waals surface area contributed by atoms with Gasteiger partial charge in [-0.3, -0.25) is 9.59 Å². The van der Waals surface area contributed by atoms with E-state index >= 15 is 0 Å². The molecule has 2 atom stereocenters. The van der Waals surface area contributed by atoms with Crippen LogP contribution in [0.3, 0.4) is 0 Å². The highest BCUT2D eigenvalue weighted by Crippen LogP contribution is 2.33. The average Bonchev–Trinajstić information content (AvgIpc) is 3.48. The number of carbonyl (C=O) groups excluding carboxylic acids is 2. The minimum atomic E-state index is -0.381. The maximum Gasteiger partial charge on any atom is 0.227 e. The standard InChI is InChI=1S/C25H25N3O4/c1-15-4-3-5-21(8-15)28-14-19(11-24(28)29)25(30)26-13-20-12-23(32-27-20)17-6-7-22-18(10-17)9-16(2)31-22/h3-8,10,12,16,19H,9,11,13-14H2,1-2H3,(H,26,30). The number of hydrogen-bond acceptors (Lipinski definition) is 5. The minimum Gasteiger partial charge on any atom is -0.490 e. The highest BCUT2D eigenvalue weighted by atomic mass is 16.5. The fraction of sp³-hybridized carbons (Fsp3) is 0.320. The first-order chi connectivity index (χ1) is 15.5. The maximum absolute atomic E-state index is 12.7. The van der Waals surface area contributed by atoms with Gasteiger partial charge in [0, 0.05) is 36.7 Å². The number of anilines is 1. The minimum absolute atomic E-state index is 0.0330. The molecule has 5 rings (SSSR count). The zero-order chi connectivity index (χ0) is 22.2. The first-order valence-electron chi connectivity index (χ1n) is 10.9. The van der Waals surface area contributed by atoms with E-state index in [0.717, 1.165) is 34.5 Å². The third-order valence-electron chi connectivity index (χ3n) is 5.99. The second-order valence-electron chi connectivity index (χ2n) is 8.60. The number of amides is 2. The molecule has 2 aliphatic heterocycles. The number of fused-ring (bicyclic) bond motifs is 1. The monoisotopic (exact) mass is 431 g/mol. The first kappa shape index (κ1) is 20.3. The summed E-state index contributed by atoms with van der Waals surface area (Å²) >= 11 is 0. The van der Waals surface area contributed by atoms with Crippen molar-refractivity contribution in [2.45, 2.75) is 39.3 Å². The summed E-state index contributed by atoms with van der Waals surface area (Å²) in [6.45, 7) is 4.67. The van der Waals surface area contributed by atoms with E-state index in [0.29, 0.717) is 18.0 Å². The van der Waals surface area contributed by atoms with Crippen LogP contribution in [-0.4, -0.2) is 29.6 Å². The summed E-state index contributed by atoms with van der Waals surface area (Å²) in [4.78, 5) is 26.8. The Morgan fingerprint density at radius 2 is 2.06 bits per heavy atom. The van der Waals surface area contributed by atoms with Crippen molar-refractivity contribution in [2.75, 3.05) is 11.4 Å². The highest BCUT2D eigenvalue weighted by molar-refractivity contribution is 6.00. The summed E-state index contributed by atoms with van der Waals surface area (Å²) in [5.41, 5.74) is 4.64. The Morgan fingerprint density at radius 1 is 1.19 bits per heavy atom. The van der Waals surface area contributed by atoms with E-state index in [1.54, 1.807) is 4.90 Å². The molecule has 0 bridgehead atoms. The molecule has 1 fully saturated rings. The molecule has 32 heavy (non-hydrogen) atoms. The number of carbonyl (C=O) groups is 2. The lowest BCUT2D eigenvalue weighted by atomic mass is 10.1. The summed E-state index contributed by atoms with van der Waals surface area (Å²) in [5.74, 6) is 1.00. The molecule has 7 heteroatoms. The van der Waals surface area contributed by atoms with Crippen LogP contribution < -0.4 is 15.0 Å². The van der Waals surface area contributed by atoms with E-state index in [4.69, 9.17) is 9.26 Å². The van der Waals surface area contributed by atoms with Gasteiger partial charge >= 0.3 is 0 Å².